The lowest BCUT2D eigenvalue weighted by atomic mass is 10.1. The van der Waals surface area contributed by atoms with Crippen molar-refractivity contribution in [3.63, 3.8) is 0 Å². The first-order valence-electron chi connectivity index (χ1n) is 9.36. The third-order valence-electron chi connectivity index (χ3n) is 4.75. The monoisotopic (exact) mass is 439 g/mol. The van der Waals surface area contributed by atoms with E-state index in [2.05, 4.69) is 10.3 Å². The molecule has 1 N–H and O–H groups in total. The number of halogens is 2. The number of hydrogen-bond acceptors (Lipinski definition) is 3. The fourth-order valence-electron chi connectivity index (χ4n) is 3.05. The van der Waals surface area contributed by atoms with Gasteiger partial charge in [-0.3, -0.25) is 4.79 Å². The Morgan fingerprint density at radius 2 is 1.77 bits per heavy atom. The summed E-state index contributed by atoms with van der Waals surface area (Å²) in [6.45, 7) is 0.429. The molecule has 0 unspecified atom stereocenters. The number of carbonyl (C=O) groups excluding carboxylic acids is 1. The van der Waals surface area contributed by atoms with E-state index >= 15 is 0 Å². The fraction of sp³-hybridized carbons (Fsp3) is 0.130. The van der Waals surface area contributed by atoms with Crippen molar-refractivity contribution in [2.45, 2.75) is 17.5 Å². The number of aryl methyl sites for hydroxylation is 1. The van der Waals surface area contributed by atoms with Gasteiger partial charge in [-0.1, -0.05) is 47.6 Å². The van der Waals surface area contributed by atoms with Gasteiger partial charge in [-0.25, -0.2) is 9.37 Å². The maximum absolute atomic E-state index is 13.1. The molecule has 0 aliphatic heterocycles. The number of nitrogens with zero attached hydrogens (tertiary/aromatic N) is 2. The average molecular weight is 440 g/mol. The van der Waals surface area contributed by atoms with Crippen LogP contribution >= 0.6 is 23.4 Å². The minimum absolute atomic E-state index is 0.145. The number of aromatic nitrogens is 2. The highest BCUT2D eigenvalue weighted by atomic mass is 35.5. The van der Waals surface area contributed by atoms with Crippen molar-refractivity contribution in [3.8, 4) is 0 Å². The van der Waals surface area contributed by atoms with Crippen LogP contribution in [0.5, 0.6) is 0 Å². The van der Waals surface area contributed by atoms with Gasteiger partial charge < -0.3 is 9.88 Å². The first-order valence-corrected chi connectivity index (χ1v) is 10.7. The number of fused-ring (bicyclic) bond motifs is 1. The van der Waals surface area contributed by atoms with E-state index in [0.717, 1.165) is 27.3 Å². The summed E-state index contributed by atoms with van der Waals surface area (Å²) in [4.78, 5) is 17.2. The van der Waals surface area contributed by atoms with Crippen molar-refractivity contribution in [2.75, 3.05) is 0 Å². The van der Waals surface area contributed by atoms with E-state index in [-0.39, 0.29) is 11.7 Å². The summed E-state index contributed by atoms with van der Waals surface area (Å²) < 4.78 is 15.0. The van der Waals surface area contributed by atoms with Crippen LogP contribution in [0.2, 0.25) is 5.02 Å². The highest BCUT2D eigenvalue weighted by Gasteiger charge is 2.12. The zero-order valence-electron chi connectivity index (χ0n) is 16.2. The lowest BCUT2D eigenvalue weighted by molar-refractivity contribution is 0.0951. The summed E-state index contributed by atoms with van der Waals surface area (Å²) >= 11 is 7.47. The standard InChI is InChI=1S/C23H19ClFN3OS/c1-28-21-12-17(22(29)26-13-15-2-7-18(24)8-3-15)6-11-20(21)27-23(28)30-14-16-4-9-19(25)10-5-16/h2-12H,13-14H2,1H3,(H,26,29). The minimum Gasteiger partial charge on any atom is -0.348 e. The van der Waals surface area contributed by atoms with Crippen molar-refractivity contribution in [1.29, 1.82) is 0 Å². The third-order valence-corrected chi connectivity index (χ3v) is 6.10. The SMILES string of the molecule is Cn1c(SCc2ccc(F)cc2)nc2ccc(C(=O)NCc3ccc(Cl)cc3)cc21. The molecule has 0 saturated heterocycles. The summed E-state index contributed by atoms with van der Waals surface area (Å²) in [6, 6.07) is 19.3. The van der Waals surface area contributed by atoms with E-state index < -0.39 is 0 Å². The van der Waals surface area contributed by atoms with Gasteiger partial charge in [0.05, 0.1) is 11.0 Å². The van der Waals surface area contributed by atoms with Crippen LogP contribution in [-0.2, 0) is 19.3 Å². The molecule has 0 aliphatic carbocycles. The molecule has 1 heterocycles. The highest BCUT2D eigenvalue weighted by molar-refractivity contribution is 7.98. The molecule has 4 rings (SSSR count). The summed E-state index contributed by atoms with van der Waals surface area (Å²) in [5, 5.41) is 4.44. The van der Waals surface area contributed by atoms with E-state index in [1.165, 1.54) is 12.1 Å². The van der Waals surface area contributed by atoms with Gasteiger partial charge in [-0.15, -0.1) is 0 Å². The highest BCUT2D eigenvalue weighted by Crippen LogP contribution is 2.26. The Kier molecular flexibility index (Phi) is 6.06. The zero-order valence-corrected chi connectivity index (χ0v) is 17.8. The molecule has 0 fully saturated rings. The lowest BCUT2D eigenvalue weighted by Crippen LogP contribution is -2.22. The molecule has 0 radical (unpaired) electrons. The Hall–Kier alpha value is -2.83. The second-order valence-corrected chi connectivity index (χ2v) is 8.26. The van der Waals surface area contributed by atoms with Crippen molar-refractivity contribution < 1.29 is 9.18 Å². The van der Waals surface area contributed by atoms with Crippen LogP contribution in [0.25, 0.3) is 11.0 Å². The quantitative estimate of drug-likeness (QED) is 0.398. The predicted octanol–water partition coefficient (Wildman–Crippen LogP) is 5.59. The molecule has 0 saturated carbocycles. The number of hydrogen-bond donors (Lipinski definition) is 1. The second kappa shape index (κ2) is 8.90. The normalized spacial score (nSPS) is 11.0. The number of amides is 1. The van der Waals surface area contributed by atoms with Crippen LogP contribution < -0.4 is 5.32 Å². The minimum atomic E-state index is -0.242. The molecular formula is C23H19ClFN3OS. The molecule has 3 aromatic carbocycles. The molecule has 0 aliphatic rings. The number of benzene rings is 3. The van der Waals surface area contributed by atoms with Gasteiger partial charge in [0.1, 0.15) is 5.82 Å². The van der Waals surface area contributed by atoms with Crippen LogP contribution in [0.1, 0.15) is 21.5 Å². The Bertz CT molecular complexity index is 1190. The molecule has 152 valence electrons. The van der Waals surface area contributed by atoms with Gasteiger partial charge in [0.25, 0.3) is 5.91 Å². The van der Waals surface area contributed by atoms with E-state index in [1.807, 2.05) is 35.9 Å². The van der Waals surface area contributed by atoms with Gasteiger partial charge in [0.2, 0.25) is 0 Å². The van der Waals surface area contributed by atoms with Gasteiger partial charge in [0, 0.05) is 29.9 Å². The molecule has 4 aromatic rings. The Morgan fingerprint density at radius 3 is 2.50 bits per heavy atom. The number of rotatable bonds is 6. The van der Waals surface area contributed by atoms with Gasteiger partial charge in [-0.2, -0.15) is 0 Å². The van der Waals surface area contributed by atoms with Crippen LogP contribution in [-0.4, -0.2) is 15.5 Å². The summed E-state index contributed by atoms with van der Waals surface area (Å²) in [6.07, 6.45) is 0. The predicted molar refractivity (Wildman–Crippen MR) is 119 cm³/mol. The smallest absolute Gasteiger partial charge is 0.251 e. The number of thioether (sulfide) groups is 1. The van der Waals surface area contributed by atoms with Gasteiger partial charge in [0.15, 0.2) is 5.16 Å². The van der Waals surface area contributed by atoms with Crippen LogP contribution in [0.3, 0.4) is 0 Å². The summed E-state index contributed by atoms with van der Waals surface area (Å²) in [7, 11) is 1.93. The second-order valence-electron chi connectivity index (χ2n) is 6.88. The molecular weight excluding hydrogens is 421 g/mol. The molecule has 0 spiro atoms. The summed E-state index contributed by atoms with van der Waals surface area (Å²) in [5.41, 5.74) is 4.29. The maximum atomic E-state index is 13.1. The molecule has 1 aromatic heterocycles. The van der Waals surface area contributed by atoms with Crippen LogP contribution in [0, 0.1) is 5.82 Å². The fourth-order valence-corrected chi connectivity index (χ4v) is 4.12. The van der Waals surface area contributed by atoms with E-state index in [4.69, 9.17) is 11.6 Å². The molecule has 1 amide bonds. The molecule has 4 nitrogen and oxygen atoms in total. The van der Waals surface area contributed by atoms with E-state index in [0.29, 0.717) is 22.9 Å². The lowest BCUT2D eigenvalue weighted by Gasteiger charge is -2.06. The van der Waals surface area contributed by atoms with Crippen molar-refractivity contribution in [3.05, 3.63) is 94.3 Å². The Morgan fingerprint density at radius 1 is 1.07 bits per heavy atom. The number of nitrogens with one attached hydrogen (secondary N) is 1. The topological polar surface area (TPSA) is 46.9 Å². The maximum Gasteiger partial charge on any atom is 0.251 e. The Balaban J connectivity index is 1.46. The first kappa shape index (κ1) is 20.4. The van der Waals surface area contributed by atoms with Crippen LogP contribution in [0.4, 0.5) is 4.39 Å². The zero-order chi connectivity index (χ0) is 21.1. The third kappa shape index (κ3) is 4.66. The molecule has 0 atom stereocenters. The van der Waals surface area contributed by atoms with Gasteiger partial charge >= 0.3 is 0 Å². The first-order chi connectivity index (χ1) is 14.5. The molecule has 7 heteroatoms. The average Bonchev–Trinajstić information content (AvgIpc) is 3.08. The molecule has 0 bridgehead atoms. The number of imidazole rings is 1. The van der Waals surface area contributed by atoms with E-state index in [1.54, 1.807) is 42.1 Å². The Labute approximate surface area is 183 Å². The van der Waals surface area contributed by atoms with E-state index in [9.17, 15) is 9.18 Å². The van der Waals surface area contributed by atoms with Crippen molar-refractivity contribution in [1.82, 2.24) is 14.9 Å². The van der Waals surface area contributed by atoms with Crippen molar-refractivity contribution >= 4 is 40.3 Å². The van der Waals surface area contributed by atoms with Gasteiger partial charge in [-0.05, 0) is 53.6 Å². The number of carbonyl (C=O) groups is 1. The molecule has 30 heavy (non-hydrogen) atoms. The largest absolute Gasteiger partial charge is 0.348 e. The summed E-state index contributed by atoms with van der Waals surface area (Å²) in [5.74, 6) is 0.299. The van der Waals surface area contributed by atoms with Crippen LogP contribution in [0.15, 0.2) is 71.9 Å². The van der Waals surface area contributed by atoms with Crippen molar-refractivity contribution in [2.24, 2.45) is 7.05 Å².